The summed E-state index contributed by atoms with van der Waals surface area (Å²) in [6.07, 6.45) is -0.706. The number of ether oxygens (including phenoxy) is 2. The summed E-state index contributed by atoms with van der Waals surface area (Å²) in [5.41, 5.74) is 4.13. The van der Waals surface area contributed by atoms with Crippen LogP contribution in [0.2, 0.25) is 5.02 Å². The Morgan fingerprint density at radius 3 is 2.93 bits per heavy atom. The Morgan fingerprint density at radius 2 is 2.21 bits per heavy atom. The van der Waals surface area contributed by atoms with Gasteiger partial charge in [0.2, 0.25) is 0 Å². The highest BCUT2D eigenvalue weighted by atomic mass is 35.5. The van der Waals surface area contributed by atoms with Gasteiger partial charge in [-0.1, -0.05) is 54.9 Å². The highest BCUT2D eigenvalue weighted by molar-refractivity contribution is 6.33. The lowest BCUT2D eigenvalue weighted by Crippen LogP contribution is -2.43. The van der Waals surface area contributed by atoms with Gasteiger partial charge in [-0.25, -0.2) is 4.79 Å². The zero-order chi connectivity index (χ0) is 20.6. The van der Waals surface area contributed by atoms with Crippen LogP contribution in [0.15, 0.2) is 42.5 Å². The first-order valence-corrected chi connectivity index (χ1v) is 10.3. The third kappa shape index (κ3) is 5.70. The van der Waals surface area contributed by atoms with Crippen molar-refractivity contribution < 1.29 is 19.4 Å². The molecule has 1 aliphatic heterocycles. The second-order valence-electron chi connectivity index (χ2n) is 6.89. The molecule has 3 rings (SSSR count). The first-order chi connectivity index (χ1) is 14.1. The van der Waals surface area contributed by atoms with Crippen molar-refractivity contribution in [2.24, 2.45) is 0 Å². The predicted octanol–water partition coefficient (Wildman–Crippen LogP) is 3.88. The fourth-order valence-corrected chi connectivity index (χ4v) is 3.84. The minimum absolute atomic E-state index is 0.194. The minimum Gasteiger partial charge on any atom is -0.465 e. The number of carbonyl (C=O) groups is 1. The molecule has 0 bridgehead atoms. The molecule has 0 spiro atoms. The van der Waals surface area contributed by atoms with Crippen molar-refractivity contribution >= 4 is 17.7 Å². The van der Waals surface area contributed by atoms with Gasteiger partial charge in [0.15, 0.2) is 0 Å². The van der Waals surface area contributed by atoms with E-state index in [4.69, 9.17) is 26.2 Å². The number of benzene rings is 2. The molecule has 1 saturated heterocycles. The molecule has 0 aliphatic carbocycles. The zero-order valence-electron chi connectivity index (χ0n) is 16.5. The zero-order valence-corrected chi connectivity index (χ0v) is 17.2. The molecule has 1 aliphatic rings. The quantitative estimate of drug-likeness (QED) is 0.567. The number of nitrogens with one attached hydrogen (secondary N) is 2. The van der Waals surface area contributed by atoms with Crippen LogP contribution >= 0.6 is 11.6 Å². The Morgan fingerprint density at radius 1 is 1.38 bits per heavy atom. The number of carboxylic acid groups (broad SMARTS) is 1. The highest BCUT2D eigenvalue weighted by Gasteiger charge is 2.29. The van der Waals surface area contributed by atoms with Crippen molar-refractivity contribution in [1.29, 1.82) is 0 Å². The number of aryl methyl sites for hydroxylation is 1. The number of amides is 1. The van der Waals surface area contributed by atoms with Gasteiger partial charge in [0, 0.05) is 30.2 Å². The molecule has 1 fully saturated rings. The van der Waals surface area contributed by atoms with E-state index in [0.29, 0.717) is 18.2 Å². The van der Waals surface area contributed by atoms with Crippen LogP contribution in [0, 0.1) is 0 Å². The van der Waals surface area contributed by atoms with Gasteiger partial charge in [-0.2, -0.15) is 0 Å². The van der Waals surface area contributed by atoms with Crippen molar-refractivity contribution in [3.8, 4) is 11.1 Å². The van der Waals surface area contributed by atoms with Crippen LogP contribution in [0.1, 0.15) is 24.2 Å². The Labute approximate surface area is 176 Å². The van der Waals surface area contributed by atoms with Crippen molar-refractivity contribution in [3.63, 3.8) is 0 Å². The monoisotopic (exact) mass is 418 g/mol. The number of halogens is 1. The normalized spacial score (nSPS) is 17.7. The van der Waals surface area contributed by atoms with Crippen LogP contribution in [0.5, 0.6) is 0 Å². The van der Waals surface area contributed by atoms with E-state index in [2.05, 4.69) is 29.7 Å². The fraction of sp³-hybridized carbons (Fsp3) is 0.409. The highest BCUT2D eigenvalue weighted by Crippen LogP contribution is 2.38. The van der Waals surface area contributed by atoms with Gasteiger partial charge in [-0.05, 0) is 29.2 Å². The van der Waals surface area contributed by atoms with E-state index in [1.54, 1.807) is 0 Å². The van der Waals surface area contributed by atoms with Crippen molar-refractivity contribution in [1.82, 2.24) is 10.6 Å². The molecule has 2 aromatic carbocycles. The SMILES string of the molecule is CCc1cccc(-c2c(Cl)cccc2C(OCCNC(=O)O)[C@H]2CNCCO2)c1. The number of morpholine rings is 1. The summed E-state index contributed by atoms with van der Waals surface area (Å²) in [4.78, 5) is 10.7. The summed E-state index contributed by atoms with van der Waals surface area (Å²) in [5, 5.41) is 15.1. The number of hydrogen-bond acceptors (Lipinski definition) is 4. The maximum atomic E-state index is 10.7. The summed E-state index contributed by atoms with van der Waals surface area (Å²) in [6, 6.07) is 14.1. The molecule has 0 aromatic heterocycles. The summed E-state index contributed by atoms with van der Waals surface area (Å²) >= 11 is 6.64. The molecule has 1 amide bonds. The lowest BCUT2D eigenvalue weighted by molar-refractivity contribution is -0.0850. The number of rotatable bonds is 8. The van der Waals surface area contributed by atoms with Crippen LogP contribution in [-0.4, -0.2) is 50.2 Å². The fourth-order valence-electron chi connectivity index (χ4n) is 3.55. The van der Waals surface area contributed by atoms with Gasteiger partial charge < -0.3 is 25.2 Å². The summed E-state index contributed by atoms with van der Waals surface area (Å²) in [5.74, 6) is 0. The number of hydrogen-bond donors (Lipinski definition) is 3. The molecule has 1 unspecified atom stereocenters. The summed E-state index contributed by atoms with van der Waals surface area (Å²) in [7, 11) is 0. The maximum Gasteiger partial charge on any atom is 0.404 e. The van der Waals surface area contributed by atoms with Gasteiger partial charge in [-0.3, -0.25) is 0 Å². The van der Waals surface area contributed by atoms with Gasteiger partial charge in [-0.15, -0.1) is 0 Å². The van der Waals surface area contributed by atoms with E-state index in [-0.39, 0.29) is 25.4 Å². The maximum absolute atomic E-state index is 10.7. The van der Waals surface area contributed by atoms with E-state index >= 15 is 0 Å². The van der Waals surface area contributed by atoms with Crippen LogP contribution in [0.4, 0.5) is 4.79 Å². The summed E-state index contributed by atoms with van der Waals surface area (Å²) < 4.78 is 12.1. The summed E-state index contributed by atoms with van der Waals surface area (Å²) in [6.45, 7) is 4.60. The molecule has 7 heteroatoms. The molecule has 2 atom stereocenters. The molecule has 1 heterocycles. The predicted molar refractivity (Wildman–Crippen MR) is 114 cm³/mol. The van der Waals surface area contributed by atoms with Crippen LogP contribution in [-0.2, 0) is 15.9 Å². The van der Waals surface area contributed by atoms with Crippen LogP contribution in [0.25, 0.3) is 11.1 Å². The standard InChI is InChI=1S/C22H27ClN2O4/c1-2-15-5-3-6-16(13-15)20-17(7-4-8-18(20)23)21(19-14-24-9-11-28-19)29-12-10-25-22(26)27/h3-8,13,19,21,24-25H,2,9-12,14H2,1H3,(H,26,27)/t19-,21?/m1/s1. The third-order valence-corrected chi connectivity index (χ3v) is 5.26. The molecule has 29 heavy (non-hydrogen) atoms. The molecule has 156 valence electrons. The van der Waals surface area contributed by atoms with Gasteiger partial charge in [0.05, 0.1) is 13.2 Å². The third-order valence-electron chi connectivity index (χ3n) is 4.95. The van der Waals surface area contributed by atoms with Gasteiger partial charge >= 0.3 is 6.09 Å². The Bertz CT molecular complexity index is 824. The molecular formula is C22H27ClN2O4. The van der Waals surface area contributed by atoms with E-state index < -0.39 is 6.09 Å². The molecule has 3 N–H and O–H groups in total. The molecule has 2 aromatic rings. The first-order valence-electron chi connectivity index (χ1n) is 9.88. The van der Waals surface area contributed by atoms with Crippen LogP contribution < -0.4 is 10.6 Å². The molecule has 0 radical (unpaired) electrons. The first kappa shape index (κ1) is 21.6. The van der Waals surface area contributed by atoms with Crippen LogP contribution in [0.3, 0.4) is 0 Å². The average Bonchev–Trinajstić information content (AvgIpc) is 2.74. The molecular weight excluding hydrogens is 392 g/mol. The topological polar surface area (TPSA) is 79.8 Å². The minimum atomic E-state index is -1.07. The Hall–Kier alpha value is -2.12. The van der Waals surface area contributed by atoms with Crippen molar-refractivity contribution in [2.45, 2.75) is 25.6 Å². The van der Waals surface area contributed by atoms with Gasteiger partial charge in [0.25, 0.3) is 0 Å². The van der Waals surface area contributed by atoms with E-state index in [9.17, 15) is 4.79 Å². The second-order valence-corrected chi connectivity index (χ2v) is 7.30. The van der Waals surface area contributed by atoms with E-state index in [1.165, 1.54) is 5.56 Å². The molecule has 0 saturated carbocycles. The Balaban J connectivity index is 1.95. The van der Waals surface area contributed by atoms with E-state index in [0.717, 1.165) is 29.7 Å². The average molecular weight is 419 g/mol. The largest absolute Gasteiger partial charge is 0.465 e. The van der Waals surface area contributed by atoms with Gasteiger partial charge in [0.1, 0.15) is 12.2 Å². The second kappa shape index (κ2) is 10.6. The molecule has 6 nitrogen and oxygen atoms in total. The lowest BCUT2D eigenvalue weighted by atomic mass is 9.92. The van der Waals surface area contributed by atoms with E-state index in [1.807, 2.05) is 30.3 Å². The smallest absolute Gasteiger partial charge is 0.404 e. The lowest BCUT2D eigenvalue weighted by Gasteiger charge is -2.32. The van der Waals surface area contributed by atoms with Crippen molar-refractivity contribution in [3.05, 3.63) is 58.6 Å². The van der Waals surface area contributed by atoms with Crippen molar-refractivity contribution in [2.75, 3.05) is 32.8 Å². The Kier molecular flexibility index (Phi) is 7.89.